The number of hydrogen-bond acceptors (Lipinski definition) is 4. The number of aryl methyl sites for hydroxylation is 1. The molecular weight excluding hydrogens is 459 g/mol. The lowest BCUT2D eigenvalue weighted by molar-refractivity contribution is 0.415. The highest BCUT2D eigenvalue weighted by molar-refractivity contribution is 5.99. The van der Waals surface area contributed by atoms with Gasteiger partial charge in [-0.05, 0) is 59.7 Å². The summed E-state index contributed by atoms with van der Waals surface area (Å²) in [6, 6.07) is 21.1. The highest BCUT2D eigenvalue weighted by atomic mass is 19.1. The maximum absolute atomic E-state index is 14.4. The number of rotatable bonds is 3. The largest absolute Gasteiger partial charge is 0.497 e. The lowest BCUT2D eigenvalue weighted by atomic mass is 9.99. The molecule has 3 aromatic carbocycles. The lowest BCUT2D eigenvalue weighted by Crippen LogP contribution is -2.37. The molecule has 2 aromatic heterocycles. The molecule has 6 rings (SSSR count). The van der Waals surface area contributed by atoms with Gasteiger partial charge in [0.25, 0.3) is 5.56 Å². The Morgan fingerprint density at radius 2 is 1.67 bits per heavy atom. The Labute approximate surface area is 205 Å². The molecule has 8 heteroatoms. The van der Waals surface area contributed by atoms with E-state index in [1.54, 1.807) is 20.2 Å². The third-order valence-electron chi connectivity index (χ3n) is 6.87. The average Bonchev–Trinajstić information content (AvgIpc) is 3.27. The van der Waals surface area contributed by atoms with Gasteiger partial charge in [-0.2, -0.15) is 0 Å². The van der Waals surface area contributed by atoms with Crippen LogP contribution in [0.15, 0.2) is 82.4 Å². The van der Waals surface area contributed by atoms with Gasteiger partial charge in [0.05, 0.1) is 46.8 Å². The molecule has 0 aliphatic carbocycles. The number of para-hydroxylation sites is 2. The van der Waals surface area contributed by atoms with Gasteiger partial charge in [0.1, 0.15) is 11.6 Å². The van der Waals surface area contributed by atoms with Crippen LogP contribution in [0.5, 0.6) is 5.75 Å². The second-order valence-corrected chi connectivity index (χ2v) is 8.88. The number of fused-ring (bicyclic) bond motifs is 5. The molecule has 1 aliphatic rings. The van der Waals surface area contributed by atoms with Crippen molar-refractivity contribution in [1.29, 1.82) is 0 Å². The van der Waals surface area contributed by atoms with E-state index in [1.165, 1.54) is 23.7 Å². The molecule has 0 spiro atoms. The lowest BCUT2D eigenvalue weighted by Gasteiger charge is -2.31. The molecule has 0 saturated carbocycles. The number of ether oxygens (including phenoxy) is 1. The number of hydrogen-bond donors (Lipinski definition) is 1. The molecule has 0 radical (unpaired) electrons. The minimum Gasteiger partial charge on any atom is -0.497 e. The Morgan fingerprint density at radius 3 is 2.39 bits per heavy atom. The van der Waals surface area contributed by atoms with Crippen LogP contribution in [0.1, 0.15) is 17.3 Å². The van der Waals surface area contributed by atoms with Crippen molar-refractivity contribution in [3.63, 3.8) is 0 Å². The Hall–Kier alpha value is -4.59. The van der Waals surface area contributed by atoms with Gasteiger partial charge in [0.15, 0.2) is 0 Å². The molecule has 1 atom stereocenters. The summed E-state index contributed by atoms with van der Waals surface area (Å²) in [6.45, 7) is 0. The first-order valence-electron chi connectivity index (χ1n) is 11.5. The maximum atomic E-state index is 14.4. The smallest absolute Gasteiger partial charge is 0.331 e. The van der Waals surface area contributed by atoms with E-state index in [1.807, 2.05) is 59.2 Å². The molecule has 1 aliphatic heterocycles. The van der Waals surface area contributed by atoms with Crippen LogP contribution in [0, 0.1) is 5.82 Å². The van der Waals surface area contributed by atoms with Gasteiger partial charge in [0, 0.05) is 14.1 Å². The third kappa shape index (κ3) is 3.04. The van der Waals surface area contributed by atoms with Gasteiger partial charge in [-0.3, -0.25) is 13.9 Å². The van der Waals surface area contributed by atoms with Crippen LogP contribution in [0.2, 0.25) is 0 Å². The second kappa shape index (κ2) is 7.98. The Kier molecular flexibility index (Phi) is 4.86. The van der Waals surface area contributed by atoms with Gasteiger partial charge >= 0.3 is 5.69 Å². The summed E-state index contributed by atoms with van der Waals surface area (Å²) in [5.74, 6) is 0.323. The third-order valence-corrected chi connectivity index (χ3v) is 6.87. The Morgan fingerprint density at radius 1 is 0.917 bits per heavy atom. The van der Waals surface area contributed by atoms with Crippen LogP contribution in [0.4, 0.5) is 10.1 Å². The van der Waals surface area contributed by atoms with Crippen molar-refractivity contribution in [2.45, 2.75) is 6.04 Å². The molecule has 36 heavy (non-hydrogen) atoms. The Bertz CT molecular complexity index is 1780. The zero-order chi connectivity index (χ0) is 25.1. The standard InChI is InChI=1S/C28H23FN4O3/c1-31-25-22(27(34)32(2)28(31)35)24(16-11-13-19(36-3)14-12-16)33-21-10-5-4-9-20(21)30-23(26(25)33)17-7-6-8-18(29)15-17/h4-15,23,30H,1-3H3/t23-/m0/s1. The molecule has 0 saturated heterocycles. The van der Waals surface area contributed by atoms with Crippen molar-refractivity contribution in [2.75, 3.05) is 12.4 Å². The van der Waals surface area contributed by atoms with E-state index in [-0.39, 0.29) is 5.82 Å². The van der Waals surface area contributed by atoms with Crippen LogP contribution in [-0.2, 0) is 14.1 Å². The van der Waals surface area contributed by atoms with E-state index < -0.39 is 17.3 Å². The topological polar surface area (TPSA) is 70.2 Å². The van der Waals surface area contributed by atoms with Gasteiger partial charge in [0.2, 0.25) is 0 Å². The van der Waals surface area contributed by atoms with E-state index in [9.17, 15) is 14.0 Å². The van der Waals surface area contributed by atoms with Crippen molar-refractivity contribution >= 4 is 16.6 Å². The number of benzene rings is 3. The van der Waals surface area contributed by atoms with Crippen LogP contribution >= 0.6 is 0 Å². The van der Waals surface area contributed by atoms with Crippen molar-refractivity contribution in [1.82, 2.24) is 13.7 Å². The van der Waals surface area contributed by atoms with Gasteiger partial charge in [-0.1, -0.05) is 24.3 Å². The first-order valence-corrected chi connectivity index (χ1v) is 11.5. The predicted octanol–water partition coefficient (Wildman–Crippen LogP) is 4.36. The SMILES string of the molecule is COc1ccc(-c2c3c(=O)n(C)c(=O)n(C)c3c3n2-c2ccccc2N[C@H]3c2cccc(F)c2)cc1. The summed E-state index contributed by atoms with van der Waals surface area (Å²) in [5, 5.41) is 3.94. The quantitative estimate of drug-likeness (QED) is 0.415. The fraction of sp³-hybridized carbons (Fsp3) is 0.143. The number of anilines is 1. The van der Waals surface area contributed by atoms with Crippen molar-refractivity contribution < 1.29 is 9.13 Å². The van der Waals surface area contributed by atoms with E-state index in [4.69, 9.17) is 4.74 Å². The van der Waals surface area contributed by atoms with Crippen molar-refractivity contribution in [2.24, 2.45) is 14.1 Å². The first-order chi connectivity index (χ1) is 17.4. The molecule has 3 heterocycles. The second-order valence-electron chi connectivity index (χ2n) is 8.88. The fourth-order valence-electron chi connectivity index (χ4n) is 5.18. The van der Waals surface area contributed by atoms with E-state index in [2.05, 4.69) is 5.32 Å². The minimum absolute atomic E-state index is 0.365. The number of nitrogens with zero attached hydrogens (tertiary/aromatic N) is 3. The van der Waals surface area contributed by atoms with Gasteiger partial charge in [-0.25, -0.2) is 9.18 Å². The summed E-state index contributed by atoms with van der Waals surface area (Å²) in [6.07, 6.45) is 0. The number of aromatic nitrogens is 3. The van der Waals surface area contributed by atoms with E-state index in [0.717, 1.165) is 21.5 Å². The van der Waals surface area contributed by atoms with E-state index >= 15 is 0 Å². The number of nitrogens with one attached hydrogen (secondary N) is 1. The molecule has 0 fully saturated rings. The zero-order valence-electron chi connectivity index (χ0n) is 19.9. The molecule has 7 nitrogen and oxygen atoms in total. The van der Waals surface area contributed by atoms with Crippen LogP contribution in [-0.4, -0.2) is 20.8 Å². The zero-order valence-corrected chi connectivity index (χ0v) is 19.9. The van der Waals surface area contributed by atoms with Crippen molar-refractivity contribution in [3.8, 4) is 22.7 Å². The molecule has 0 bridgehead atoms. The average molecular weight is 483 g/mol. The van der Waals surface area contributed by atoms with Crippen molar-refractivity contribution in [3.05, 3.63) is 111 Å². The fourth-order valence-corrected chi connectivity index (χ4v) is 5.18. The normalized spacial score (nSPS) is 14.3. The molecule has 5 aromatic rings. The monoisotopic (exact) mass is 482 g/mol. The van der Waals surface area contributed by atoms with Crippen LogP contribution < -0.4 is 21.3 Å². The molecule has 0 amide bonds. The predicted molar refractivity (Wildman–Crippen MR) is 138 cm³/mol. The van der Waals surface area contributed by atoms with Crippen LogP contribution in [0.25, 0.3) is 27.8 Å². The molecule has 1 N–H and O–H groups in total. The molecular formula is C28H23FN4O3. The summed E-state index contributed by atoms with van der Waals surface area (Å²) < 4.78 is 24.3. The highest BCUT2D eigenvalue weighted by Gasteiger charge is 2.34. The summed E-state index contributed by atoms with van der Waals surface area (Å²) in [7, 11) is 4.74. The van der Waals surface area contributed by atoms with Gasteiger partial charge < -0.3 is 14.6 Å². The molecule has 180 valence electrons. The minimum atomic E-state index is -0.511. The summed E-state index contributed by atoms with van der Waals surface area (Å²) >= 11 is 0. The summed E-state index contributed by atoms with van der Waals surface area (Å²) in [5.41, 5.74) is 4.16. The number of methoxy groups -OCH3 is 1. The summed E-state index contributed by atoms with van der Waals surface area (Å²) in [4.78, 5) is 26.8. The van der Waals surface area contributed by atoms with E-state index in [0.29, 0.717) is 33.6 Å². The highest BCUT2D eigenvalue weighted by Crippen LogP contribution is 2.45. The van der Waals surface area contributed by atoms with Gasteiger partial charge in [-0.15, -0.1) is 0 Å². The first kappa shape index (κ1) is 21.9. The van der Waals surface area contributed by atoms with Crippen LogP contribution in [0.3, 0.4) is 0 Å². The Balaban J connectivity index is 1.84. The maximum Gasteiger partial charge on any atom is 0.331 e. The number of halogens is 1. The molecule has 0 unspecified atom stereocenters.